The molecule has 0 spiro atoms. The smallest absolute Gasteiger partial charge is 0.143 e. The van der Waals surface area contributed by atoms with E-state index in [1.807, 2.05) is 30.3 Å². The largest absolute Gasteiger partial charge is 0.496 e. The van der Waals surface area contributed by atoms with Crippen LogP contribution in [0.5, 0.6) is 5.75 Å². The van der Waals surface area contributed by atoms with Gasteiger partial charge >= 0.3 is 0 Å². The molecule has 1 fully saturated rings. The number of Topliss-reactive ketones (excluding diaryl/α,β-unsaturated/α-hetero) is 1. The number of pyridine rings is 1. The molecule has 27 heavy (non-hydrogen) atoms. The number of methoxy groups -OCH3 is 1. The Bertz CT molecular complexity index is 727. The van der Waals surface area contributed by atoms with Gasteiger partial charge in [-0.15, -0.1) is 0 Å². The lowest BCUT2D eigenvalue weighted by atomic mass is 9.89. The molecule has 0 saturated carbocycles. The number of piperidine rings is 1. The topological polar surface area (TPSA) is 45.7 Å². The molecule has 5 nitrogen and oxygen atoms in total. The molecule has 1 aromatic heterocycles. The van der Waals surface area contributed by atoms with Gasteiger partial charge in [0.2, 0.25) is 0 Å². The van der Waals surface area contributed by atoms with E-state index in [1.165, 1.54) is 5.56 Å². The summed E-state index contributed by atoms with van der Waals surface area (Å²) in [5, 5.41) is 0. The second-order valence-electron chi connectivity index (χ2n) is 7.29. The van der Waals surface area contributed by atoms with Gasteiger partial charge in [0.1, 0.15) is 11.5 Å². The number of rotatable bonds is 8. The first kappa shape index (κ1) is 19.5. The zero-order valence-corrected chi connectivity index (χ0v) is 16.3. The summed E-state index contributed by atoms with van der Waals surface area (Å²) in [7, 11) is 1.74. The van der Waals surface area contributed by atoms with Crippen molar-refractivity contribution in [1.82, 2.24) is 14.8 Å². The van der Waals surface area contributed by atoms with Crippen LogP contribution in [0.25, 0.3) is 0 Å². The first-order valence-corrected chi connectivity index (χ1v) is 9.62. The zero-order valence-electron chi connectivity index (χ0n) is 16.3. The van der Waals surface area contributed by atoms with Crippen LogP contribution in [0, 0.1) is 0 Å². The van der Waals surface area contributed by atoms with Crippen LogP contribution < -0.4 is 4.74 Å². The van der Waals surface area contributed by atoms with Crippen LogP contribution >= 0.6 is 0 Å². The minimum Gasteiger partial charge on any atom is -0.496 e. The van der Waals surface area contributed by atoms with Crippen LogP contribution in [0.15, 0.2) is 48.7 Å². The van der Waals surface area contributed by atoms with Gasteiger partial charge in [-0.2, -0.15) is 0 Å². The number of hydrogen-bond acceptors (Lipinski definition) is 5. The molecule has 0 bridgehead atoms. The molecule has 0 unspecified atom stereocenters. The van der Waals surface area contributed by atoms with E-state index in [2.05, 4.69) is 26.9 Å². The van der Waals surface area contributed by atoms with Crippen molar-refractivity contribution in [2.24, 2.45) is 0 Å². The number of nitrogens with zero attached hydrogens (tertiary/aromatic N) is 3. The van der Waals surface area contributed by atoms with Gasteiger partial charge in [-0.1, -0.05) is 24.3 Å². The molecule has 0 amide bonds. The van der Waals surface area contributed by atoms with Crippen LogP contribution in [0.3, 0.4) is 0 Å². The average Bonchev–Trinajstić information content (AvgIpc) is 2.69. The Morgan fingerprint density at radius 1 is 1.19 bits per heavy atom. The number of likely N-dealkylation sites (tertiary alicyclic amines) is 1. The summed E-state index contributed by atoms with van der Waals surface area (Å²) in [5.74, 6) is 1.72. The highest BCUT2D eigenvalue weighted by Crippen LogP contribution is 2.34. The Kier molecular flexibility index (Phi) is 6.96. The molecule has 1 aliphatic rings. The maximum atomic E-state index is 11.7. The molecule has 2 aromatic rings. The van der Waals surface area contributed by atoms with E-state index >= 15 is 0 Å². The second-order valence-corrected chi connectivity index (χ2v) is 7.29. The molecule has 0 atom stereocenters. The Morgan fingerprint density at radius 2 is 1.93 bits per heavy atom. The van der Waals surface area contributed by atoms with Crippen LogP contribution in [0.1, 0.15) is 36.9 Å². The van der Waals surface area contributed by atoms with E-state index in [0.717, 1.165) is 44.0 Å². The van der Waals surface area contributed by atoms with Crippen molar-refractivity contribution < 1.29 is 9.53 Å². The van der Waals surface area contributed by atoms with Crippen molar-refractivity contribution in [3.05, 3.63) is 59.9 Å². The molecule has 0 radical (unpaired) electrons. The van der Waals surface area contributed by atoms with Gasteiger partial charge in [0.05, 0.1) is 26.0 Å². The normalized spacial score (nSPS) is 15.8. The van der Waals surface area contributed by atoms with Crippen molar-refractivity contribution >= 4 is 5.78 Å². The van der Waals surface area contributed by atoms with Crippen molar-refractivity contribution in [2.75, 3.05) is 33.4 Å². The van der Waals surface area contributed by atoms with Gasteiger partial charge in [0, 0.05) is 12.7 Å². The highest BCUT2D eigenvalue weighted by Gasteiger charge is 2.24. The molecule has 3 rings (SSSR count). The number of hydrogen-bond donors (Lipinski definition) is 0. The highest BCUT2D eigenvalue weighted by molar-refractivity contribution is 5.77. The maximum absolute atomic E-state index is 11.7. The zero-order chi connectivity index (χ0) is 19.1. The van der Waals surface area contributed by atoms with Gasteiger partial charge < -0.3 is 4.74 Å². The Labute approximate surface area is 162 Å². The molecule has 144 valence electrons. The molecule has 1 saturated heterocycles. The molecule has 2 heterocycles. The van der Waals surface area contributed by atoms with Crippen LogP contribution in [0.2, 0.25) is 0 Å². The summed E-state index contributed by atoms with van der Waals surface area (Å²) in [4.78, 5) is 20.7. The lowest BCUT2D eigenvalue weighted by Crippen LogP contribution is -2.43. The number of ketones is 1. The quantitative estimate of drug-likeness (QED) is 0.716. The molecule has 5 heteroatoms. The SMILES string of the molecule is COc1ccccc1C1CCN(CN(CC(C)=O)Cc2ccccn2)CC1. The molecule has 1 aliphatic heterocycles. The first-order valence-electron chi connectivity index (χ1n) is 9.62. The van der Waals surface area contributed by atoms with E-state index in [-0.39, 0.29) is 5.78 Å². The number of para-hydroxylation sites is 1. The van der Waals surface area contributed by atoms with Gasteiger partial charge in [-0.25, -0.2) is 0 Å². The van der Waals surface area contributed by atoms with Gasteiger partial charge in [0.15, 0.2) is 0 Å². The predicted molar refractivity (Wildman–Crippen MR) is 107 cm³/mol. The Balaban J connectivity index is 1.58. The minimum absolute atomic E-state index is 0.190. The summed E-state index contributed by atoms with van der Waals surface area (Å²) in [5.41, 5.74) is 2.32. The monoisotopic (exact) mass is 367 g/mol. The third-order valence-corrected chi connectivity index (χ3v) is 5.12. The Hall–Kier alpha value is -2.24. The average molecular weight is 367 g/mol. The third kappa shape index (κ3) is 5.62. The van der Waals surface area contributed by atoms with Crippen molar-refractivity contribution in [2.45, 2.75) is 32.2 Å². The predicted octanol–water partition coefficient (Wildman–Crippen LogP) is 3.32. The van der Waals surface area contributed by atoms with Crippen molar-refractivity contribution in [1.29, 1.82) is 0 Å². The van der Waals surface area contributed by atoms with E-state index in [1.54, 1.807) is 20.2 Å². The summed E-state index contributed by atoms with van der Waals surface area (Å²) >= 11 is 0. The first-order chi connectivity index (χ1) is 13.2. The fourth-order valence-electron chi connectivity index (χ4n) is 3.86. The van der Waals surface area contributed by atoms with Crippen LogP contribution in [-0.2, 0) is 11.3 Å². The minimum atomic E-state index is 0.190. The summed E-state index contributed by atoms with van der Waals surface area (Å²) < 4.78 is 5.53. The number of aromatic nitrogens is 1. The highest BCUT2D eigenvalue weighted by atomic mass is 16.5. The number of benzene rings is 1. The summed E-state index contributed by atoms with van der Waals surface area (Å²) in [6.45, 7) is 5.67. The van der Waals surface area contributed by atoms with Crippen LogP contribution in [-0.4, -0.2) is 54.0 Å². The second kappa shape index (κ2) is 9.62. The summed E-state index contributed by atoms with van der Waals surface area (Å²) in [6.07, 6.45) is 4.02. The fraction of sp³-hybridized carbons (Fsp3) is 0.455. The van der Waals surface area contributed by atoms with Crippen molar-refractivity contribution in [3.8, 4) is 5.75 Å². The van der Waals surface area contributed by atoms with E-state index < -0.39 is 0 Å². The number of ether oxygens (including phenoxy) is 1. The fourth-order valence-corrected chi connectivity index (χ4v) is 3.86. The standard InChI is InChI=1S/C22H29N3O2/c1-18(26)15-25(16-20-7-5-6-12-23-20)17-24-13-10-19(11-14-24)21-8-3-4-9-22(21)27-2/h3-9,12,19H,10-11,13-17H2,1-2H3. The van der Waals surface area contributed by atoms with Gasteiger partial charge in [-0.05, 0) is 62.5 Å². The van der Waals surface area contributed by atoms with E-state index in [9.17, 15) is 4.79 Å². The van der Waals surface area contributed by atoms with Gasteiger partial charge in [-0.3, -0.25) is 19.6 Å². The molecule has 1 aromatic carbocycles. The molecule has 0 N–H and O–H groups in total. The lowest BCUT2D eigenvalue weighted by molar-refractivity contribution is -0.118. The molecular weight excluding hydrogens is 338 g/mol. The third-order valence-electron chi connectivity index (χ3n) is 5.12. The maximum Gasteiger partial charge on any atom is 0.143 e. The lowest BCUT2D eigenvalue weighted by Gasteiger charge is -2.36. The molecule has 0 aliphatic carbocycles. The van der Waals surface area contributed by atoms with E-state index in [0.29, 0.717) is 19.0 Å². The molecular formula is C22H29N3O2. The Morgan fingerprint density at radius 3 is 2.59 bits per heavy atom. The van der Waals surface area contributed by atoms with E-state index in [4.69, 9.17) is 4.74 Å². The number of carbonyl (C=O) groups is 1. The summed E-state index contributed by atoms with van der Waals surface area (Å²) in [6, 6.07) is 14.3. The van der Waals surface area contributed by atoms with Crippen molar-refractivity contribution in [3.63, 3.8) is 0 Å². The number of carbonyl (C=O) groups excluding carboxylic acids is 1. The van der Waals surface area contributed by atoms with Crippen LogP contribution in [0.4, 0.5) is 0 Å². The van der Waals surface area contributed by atoms with Gasteiger partial charge in [0.25, 0.3) is 0 Å².